The molecule has 0 N–H and O–H groups in total. The number of likely N-dealkylation sites (N-methyl/N-ethyl adjacent to an activating group) is 1. The zero-order chi connectivity index (χ0) is 18.4. The monoisotopic (exact) mass is 387 g/mol. The zero-order valence-electron chi connectivity index (χ0n) is 14.8. The highest BCUT2D eigenvalue weighted by atomic mass is 35.5. The van der Waals surface area contributed by atoms with Crippen LogP contribution in [-0.2, 0) is 14.8 Å². The Bertz CT molecular complexity index is 671. The van der Waals surface area contributed by atoms with Crippen LogP contribution in [0.15, 0.2) is 29.2 Å². The van der Waals surface area contributed by atoms with E-state index in [2.05, 4.69) is 6.92 Å². The lowest BCUT2D eigenvalue weighted by atomic mass is 10.3. The fraction of sp³-hybridized carbons (Fsp3) is 0.588. The quantitative estimate of drug-likeness (QED) is 0.717. The molecule has 25 heavy (non-hydrogen) atoms. The molecular weight excluding hydrogens is 362 g/mol. The molecule has 0 saturated carbocycles. The van der Waals surface area contributed by atoms with Crippen molar-refractivity contribution in [2.45, 2.75) is 24.7 Å². The Labute approximate surface area is 155 Å². The predicted octanol–water partition coefficient (Wildman–Crippen LogP) is 1.90. The van der Waals surface area contributed by atoms with Crippen LogP contribution in [0.2, 0.25) is 5.02 Å². The molecule has 0 aliphatic carbocycles. The minimum atomic E-state index is -3.54. The summed E-state index contributed by atoms with van der Waals surface area (Å²) >= 11 is 5.82. The van der Waals surface area contributed by atoms with Gasteiger partial charge in [0, 0.05) is 31.2 Å². The predicted molar refractivity (Wildman–Crippen MR) is 99.2 cm³/mol. The Morgan fingerprint density at radius 1 is 1.16 bits per heavy atom. The molecule has 0 bridgehead atoms. The molecule has 1 saturated heterocycles. The number of unbranched alkanes of at least 4 members (excludes halogenated alkanes) is 1. The van der Waals surface area contributed by atoms with Gasteiger partial charge < -0.3 is 4.90 Å². The van der Waals surface area contributed by atoms with Crippen LogP contribution in [0.5, 0.6) is 0 Å². The lowest BCUT2D eigenvalue weighted by Crippen LogP contribution is -2.52. The van der Waals surface area contributed by atoms with Crippen molar-refractivity contribution >= 4 is 27.5 Å². The van der Waals surface area contributed by atoms with Crippen molar-refractivity contribution in [3.8, 4) is 0 Å². The van der Waals surface area contributed by atoms with E-state index in [1.54, 1.807) is 17.0 Å². The summed E-state index contributed by atoms with van der Waals surface area (Å²) in [6, 6.07) is 6.16. The van der Waals surface area contributed by atoms with Gasteiger partial charge in [0.1, 0.15) is 0 Å². The number of amides is 1. The molecule has 8 heteroatoms. The summed E-state index contributed by atoms with van der Waals surface area (Å²) in [6.07, 6.45) is 2.16. The zero-order valence-corrected chi connectivity index (χ0v) is 16.4. The summed E-state index contributed by atoms with van der Waals surface area (Å²) in [5.74, 6) is 0.0575. The molecule has 0 aromatic heterocycles. The number of hydrogen-bond acceptors (Lipinski definition) is 4. The first kappa shape index (κ1) is 20.2. The number of sulfonamides is 1. The smallest absolute Gasteiger partial charge is 0.243 e. The number of halogens is 1. The Hall–Kier alpha value is -1.15. The first-order valence-electron chi connectivity index (χ1n) is 8.56. The van der Waals surface area contributed by atoms with Crippen molar-refractivity contribution in [2.75, 3.05) is 46.3 Å². The Balaban J connectivity index is 1.90. The van der Waals surface area contributed by atoms with Crippen LogP contribution in [0.25, 0.3) is 0 Å². The van der Waals surface area contributed by atoms with Gasteiger partial charge in [-0.3, -0.25) is 9.69 Å². The molecule has 1 amide bonds. The third-order valence-corrected chi connectivity index (χ3v) is 6.51. The van der Waals surface area contributed by atoms with E-state index >= 15 is 0 Å². The fourth-order valence-corrected chi connectivity index (χ4v) is 4.32. The van der Waals surface area contributed by atoms with E-state index in [0.717, 1.165) is 19.4 Å². The van der Waals surface area contributed by atoms with Crippen LogP contribution >= 0.6 is 11.6 Å². The average molecular weight is 388 g/mol. The number of benzene rings is 1. The number of carbonyl (C=O) groups is 1. The summed E-state index contributed by atoms with van der Waals surface area (Å²) in [7, 11) is -1.60. The molecule has 1 aromatic carbocycles. The summed E-state index contributed by atoms with van der Waals surface area (Å²) in [5.41, 5.74) is 0. The van der Waals surface area contributed by atoms with Gasteiger partial charge in [0.15, 0.2) is 0 Å². The third kappa shape index (κ3) is 5.41. The number of carbonyl (C=O) groups excluding carboxylic acids is 1. The van der Waals surface area contributed by atoms with Gasteiger partial charge in [-0.1, -0.05) is 24.9 Å². The highest BCUT2D eigenvalue weighted by molar-refractivity contribution is 7.89. The molecule has 0 unspecified atom stereocenters. The normalized spacial score (nSPS) is 16.4. The second kappa shape index (κ2) is 8.98. The topological polar surface area (TPSA) is 60.9 Å². The van der Waals surface area contributed by atoms with Crippen molar-refractivity contribution in [3.05, 3.63) is 29.3 Å². The molecule has 1 aromatic rings. The largest absolute Gasteiger partial charge is 0.339 e. The van der Waals surface area contributed by atoms with Gasteiger partial charge >= 0.3 is 0 Å². The summed E-state index contributed by atoms with van der Waals surface area (Å²) < 4.78 is 26.7. The van der Waals surface area contributed by atoms with Crippen molar-refractivity contribution < 1.29 is 13.2 Å². The highest BCUT2D eigenvalue weighted by Gasteiger charge is 2.30. The van der Waals surface area contributed by atoms with Crippen molar-refractivity contribution in [1.82, 2.24) is 14.1 Å². The van der Waals surface area contributed by atoms with Crippen LogP contribution in [0, 0.1) is 0 Å². The van der Waals surface area contributed by atoms with Crippen molar-refractivity contribution in [2.24, 2.45) is 0 Å². The molecule has 6 nitrogen and oxygen atoms in total. The Morgan fingerprint density at radius 2 is 1.76 bits per heavy atom. The Kier molecular flexibility index (Phi) is 7.25. The maximum atomic E-state index is 12.6. The minimum Gasteiger partial charge on any atom is -0.339 e. The maximum Gasteiger partial charge on any atom is 0.243 e. The van der Waals surface area contributed by atoms with Gasteiger partial charge in [-0.25, -0.2) is 8.42 Å². The number of hydrogen-bond donors (Lipinski definition) is 0. The molecule has 1 heterocycles. The first-order valence-corrected chi connectivity index (χ1v) is 10.4. The third-order valence-electron chi connectivity index (χ3n) is 4.34. The van der Waals surface area contributed by atoms with Crippen LogP contribution in [0.3, 0.4) is 0 Å². The molecular formula is C17H26ClN3O3S. The lowest BCUT2D eigenvalue weighted by molar-refractivity contribution is -0.133. The van der Waals surface area contributed by atoms with Crippen LogP contribution in [-0.4, -0.2) is 74.7 Å². The molecule has 0 radical (unpaired) electrons. The first-order chi connectivity index (χ1) is 11.8. The van der Waals surface area contributed by atoms with Crippen molar-refractivity contribution in [1.29, 1.82) is 0 Å². The molecule has 1 fully saturated rings. The van der Waals surface area contributed by atoms with Gasteiger partial charge in [-0.05, 0) is 44.3 Å². The number of piperazine rings is 1. The van der Waals surface area contributed by atoms with Gasteiger partial charge in [0.2, 0.25) is 15.9 Å². The molecule has 1 aliphatic rings. The second-order valence-electron chi connectivity index (χ2n) is 6.33. The number of rotatable bonds is 7. The SMILES string of the molecule is CCCCN(C)CC(=O)N1CCN(S(=O)(=O)c2ccc(Cl)cc2)CC1. The van der Waals surface area contributed by atoms with Crippen LogP contribution in [0.4, 0.5) is 0 Å². The summed E-state index contributed by atoms with van der Waals surface area (Å²) in [4.78, 5) is 16.3. The van der Waals surface area contributed by atoms with Gasteiger partial charge in [-0.2, -0.15) is 4.31 Å². The minimum absolute atomic E-state index is 0.0575. The van der Waals surface area contributed by atoms with E-state index in [1.807, 2.05) is 11.9 Å². The molecule has 140 valence electrons. The van der Waals surface area contributed by atoms with E-state index in [9.17, 15) is 13.2 Å². The van der Waals surface area contributed by atoms with E-state index < -0.39 is 10.0 Å². The summed E-state index contributed by atoms with van der Waals surface area (Å²) in [6.45, 7) is 4.87. The van der Waals surface area contributed by atoms with E-state index in [4.69, 9.17) is 11.6 Å². The molecule has 1 aliphatic heterocycles. The summed E-state index contributed by atoms with van der Waals surface area (Å²) in [5, 5.41) is 0.501. The van der Waals surface area contributed by atoms with Gasteiger partial charge in [0.05, 0.1) is 11.4 Å². The number of nitrogens with zero attached hydrogens (tertiary/aromatic N) is 3. The van der Waals surface area contributed by atoms with Crippen LogP contribution in [0.1, 0.15) is 19.8 Å². The fourth-order valence-electron chi connectivity index (χ4n) is 2.77. The van der Waals surface area contributed by atoms with E-state index in [1.165, 1.54) is 16.4 Å². The second-order valence-corrected chi connectivity index (χ2v) is 8.70. The maximum absolute atomic E-state index is 12.6. The van der Waals surface area contributed by atoms with E-state index in [0.29, 0.717) is 37.7 Å². The van der Waals surface area contributed by atoms with Crippen molar-refractivity contribution in [3.63, 3.8) is 0 Å². The highest BCUT2D eigenvalue weighted by Crippen LogP contribution is 2.19. The molecule has 0 spiro atoms. The Morgan fingerprint density at radius 3 is 2.32 bits per heavy atom. The van der Waals surface area contributed by atoms with E-state index in [-0.39, 0.29) is 10.8 Å². The molecule has 0 atom stereocenters. The lowest BCUT2D eigenvalue weighted by Gasteiger charge is -2.34. The average Bonchev–Trinajstić information content (AvgIpc) is 2.60. The molecule has 2 rings (SSSR count). The standard InChI is InChI=1S/C17H26ClN3O3S/c1-3-4-9-19(2)14-17(22)20-10-12-21(13-11-20)25(23,24)16-7-5-15(18)6-8-16/h5-8H,3-4,9-14H2,1-2H3. The van der Waals surface area contributed by atoms with Crippen LogP contribution < -0.4 is 0 Å². The van der Waals surface area contributed by atoms with Gasteiger partial charge in [-0.15, -0.1) is 0 Å². The van der Waals surface area contributed by atoms with Gasteiger partial charge in [0.25, 0.3) is 0 Å².